The molecule has 2 rings (SSSR count). The molecular weight excluding hydrogens is 300 g/mol. The Hall–Kier alpha value is -2.43. The van der Waals surface area contributed by atoms with Crippen molar-refractivity contribution in [1.82, 2.24) is 5.32 Å². The van der Waals surface area contributed by atoms with Gasteiger partial charge in [0.15, 0.2) is 6.10 Å². The van der Waals surface area contributed by atoms with Gasteiger partial charge in [-0.05, 0) is 56.2 Å². The zero-order valence-electron chi connectivity index (χ0n) is 13.3. The molecule has 0 bridgehead atoms. The minimum Gasteiger partial charge on any atom is -0.481 e. The number of rotatable bonds is 5. The van der Waals surface area contributed by atoms with Crippen LogP contribution in [0.5, 0.6) is 5.75 Å². The summed E-state index contributed by atoms with van der Waals surface area (Å²) < 4.78 is 32.6. The third kappa shape index (κ3) is 4.77. The standard InChI is InChI=1S/C18H19F2NO2/c1-11(2)21-18(22)12(3)23-17-9-14(8-16(20)10-17)13-5-4-6-15(19)7-13/h4-12H,1-3H3,(H,21,22). The highest BCUT2D eigenvalue weighted by atomic mass is 19.1. The molecule has 0 aliphatic rings. The number of amides is 1. The molecule has 2 aromatic rings. The number of halogens is 2. The monoisotopic (exact) mass is 319 g/mol. The normalized spacial score (nSPS) is 12.1. The van der Waals surface area contributed by atoms with Gasteiger partial charge >= 0.3 is 0 Å². The summed E-state index contributed by atoms with van der Waals surface area (Å²) in [7, 11) is 0. The SMILES string of the molecule is CC(C)NC(=O)C(C)Oc1cc(F)cc(-c2cccc(F)c2)c1. The summed E-state index contributed by atoms with van der Waals surface area (Å²) in [5, 5.41) is 2.72. The molecule has 0 fully saturated rings. The highest BCUT2D eigenvalue weighted by Crippen LogP contribution is 2.26. The molecule has 23 heavy (non-hydrogen) atoms. The number of hydrogen-bond donors (Lipinski definition) is 1. The second-order valence-corrected chi connectivity index (χ2v) is 5.61. The molecule has 2 aromatic carbocycles. The molecule has 0 aromatic heterocycles. The van der Waals surface area contributed by atoms with Crippen LogP contribution in [0.2, 0.25) is 0 Å². The number of benzene rings is 2. The molecule has 0 aliphatic carbocycles. The second kappa shape index (κ2) is 7.22. The van der Waals surface area contributed by atoms with Crippen molar-refractivity contribution in [3.8, 4) is 16.9 Å². The van der Waals surface area contributed by atoms with Crippen molar-refractivity contribution in [3.05, 3.63) is 54.1 Å². The number of carbonyl (C=O) groups excluding carboxylic acids is 1. The lowest BCUT2D eigenvalue weighted by molar-refractivity contribution is -0.127. The van der Waals surface area contributed by atoms with E-state index < -0.39 is 17.7 Å². The summed E-state index contributed by atoms with van der Waals surface area (Å²) in [5.74, 6) is -0.982. The van der Waals surface area contributed by atoms with E-state index in [-0.39, 0.29) is 17.7 Å². The number of carbonyl (C=O) groups is 1. The van der Waals surface area contributed by atoms with Gasteiger partial charge in [0, 0.05) is 12.1 Å². The molecule has 0 aliphatic heterocycles. The lowest BCUT2D eigenvalue weighted by Crippen LogP contribution is -2.40. The molecule has 1 amide bonds. The Bertz CT molecular complexity index is 701. The van der Waals surface area contributed by atoms with Crippen molar-refractivity contribution in [2.75, 3.05) is 0 Å². The first kappa shape index (κ1) is 16.9. The molecule has 0 saturated heterocycles. The van der Waals surface area contributed by atoms with E-state index in [1.54, 1.807) is 25.1 Å². The Kier molecular flexibility index (Phi) is 5.32. The lowest BCUT2D eigenvalue weighted by Gasteiger charge is -2.17. The van der Waals surface area contributed by atoms with Crippen LogP contribution in [0.15, 0.2) is 42.5 Å². The quantitative estimate of drug-likeness (QED) is 0.907. The Morgan fingerprint density at radius 3 is 2.35 bits per heavy atom. The molecule has 122 valence electrons. The van der Waals surface area contributed by atoms with Crippen molar-refractivity contribution >= 4 is 5.91 Å². The largest absolute Gasteiger partial charge is 0.481 e. The van der Waals surface area contributed by atoms with Gasteiger partial charge in [0.2, 0.25) is 0 Å². The summed E-state index contributed by atoms with van der Waals surface area (Å²) in [6.07, 6.45) is -0.764. The van der Waals surface area contributed by atoms with Crippen LogP contribution in [0.1, 0.15) is 20.8 Å². The van der Waals surface area contributed by atoms with Gasteiger partial charge in [0.1, 0.15) is 17.4 Å². The lowest BCUT2D eigenvalue weighted by atomic mass is 10.1. The molecular formula is C18H19F2NO2. The molecule has 1 unspecified atom stereocenters. The zero-order chi connectivity index (χ0) is 17.0. The van der Waals surface area contributed by atoms with Crippen LogP contribution in [-0.2, 0) is 4.79 Å². The average Bonchev–Trinajstić information content (AvgIpc) is 2.45. The van der Waals surface area contributed by atoms with E-state index in [1.165, 1.54) is 24.3 Å². The van der Waals surface area contributed by atoms with Crippen LogP contribution in [0.4, 0.5) is 8.78 Å². The first-order valence-electron chi connectivity index (χ1n) is 7.38. The van der Waals surface area contributed by atoms with Crippen molar-refractivity contribution in [2.45, 2.75) is 32.9 Å². The molecule has 0 heterocycles. The first-order chi connectivity index (χ1) is 10.8. The number of hydrogen-bond acceptors (Lipinski definition) is 2. The predicted molar refractivity (Wildman–Crippen MR) is 85.2 cm³/mol. The van der Waals surface area contributed by atoms with E-state index in [2.05, 4.69) is 5.32 Å². The summed E-state index contributed by atoms with van der Waals surface area (Å²) in [6, 6.07) is 9.92. The van der Waals surface area contributed by atoms with Gasteiger partial charge in [0.05, 0.1) is 0 Å². The first-order valence-corrected chi connectivity index (χ1v) is 7.38. The van der Waals surface area contributed by atoms with Gasteiger partial charge in [-0.3, -0.25) is 4.79 Å². The van der Waals surface area contributed by atoms with E-state index in [0.717, 1.165) is 0 Å². The van der Waals surface area contributed by atoms with Crippen molar-refractivity contribution in [1.29, 1.82) is 0 Å². The summed E-state index contributed by atoms with van der Waals surface area (Å²) >= 11 is 0. The fraction of sp³-hybridized carbons (Fsp3) is 0.278. The van der Waals surface area contributed by atoms with Gasteiger partial charge < -0.3 is 10.1 Å². The summed E-state index contributed by atoms with van der Waals surface area (Å²) in [4.78, 5) is 11.9. The smallest absolute Gasteiger partial charge is 0.260 e. The van der Waals surface area contributed by atoms with Crippen LogP contribution in [0.25, 0.3) is 11.1 Å². The van der Waals surface area contributed by atoms with Crippen LogP contribution < -0.4 is 10.1 Å². The molecule has 1 N–H and O–H groups in total. The number of ether oxygens (including phenoxy) is 1. The molecule has 0 saturated carbocycles. The van der Waals surface area contributed by atoms with Crippen LogP contribution in [0.3, 0.4) is 0 Å². The maximum Gasteiger partial charge on any atom is 0.260 e. The molecule has 0 spiro atoms. The average molecular weight is 319 g/mol. The van der Waals surface area contributed by atoms with Crippen LogP contribution in [-0.4, -0.2) is 18.1 Å². The number of nitrogens with one attached hydrogen (secondary N) is 1. The Morgan fingerprint density at radius 1 is 1.00 bits per heavy atom. The van der Waals surface area contributed by atoms with Crippen molar-refractivity contribution < 1.29 is 18.3 Å². The maximum absolute atomic E-state index is 13.8. The van der Waals surface area contributed by atoms with Gasteiger partial charge in [-0.1, -0.05) is 12.1 Å². The third-order valence-electron chi connectivity index (χ3n) is 3.14. The van der Waals surface area contributed by atoms with Gasteiger partial charge in [0.25, 0.3) is 5.91 Å². The summed E-state index contributed by atoms with van der Waals surface area (Å²) in [5.41, 5.74) is 1.02. The Morgan fingerprint density at radius 2 is 1.70 bits per heavy atom. The minimum atomic E-state index is -0.764. The van der Waals surface area contributed by atoms with Crippen LogP contribution >= 0.6 is 0 Å². The predicted octanol–water partition coefficient (Wildman–Crippen LogP) is 3.92. The van der Waals surface area contributed by atoms with Gasteiger partial charge in [-0.25, -0.2) is 8.78 Å². The van der Waals surface area contributed by atoms with E-state index in [9.17, 15) is 13.6 Å². The maximum atomic E-state index is 13.8. The molecule has 5 heteroatoms. The molecule has 1 atom stereocenters. The van der Waals surface area contributed by atoms with Crippen molar-refractivity contribution in [2.24, 2.45) is 0 Å². The minimum absolute atomic E-state index is 0.0103. The highest BCUT2D eigenvalue weighted by Gasteiger charge is 2.16. The van der Waals surface area contributed by atoms with Crippen LogP contribution in [0, 0.1) is 11.6 Å². The topological polar surface area (TPSA) is 38.3 Å². The van der Waals surface area contributed by atoms with E-state index in [0.29, 0.717) is 11.1 Å². The molecule has 3 nitrogen and oxygen atoms in total. The summed E-state index contributed by atoms with van der Waals surface area (Å²) in [6.45, 7) is 5.27. The fourth-order valence-corrected chi connectivity index (χ4v) is 2.12. The highest BCUT2D eigenvalue weighted by molar-refractivity contribution is 5.81. The van der Waals surface area contributed by atoms with Crippen molar-refractivity contribution in [3.63, 3.8) is 0 Å². The fourth-order valence-electron chi connectivity index (χ4n) is 2.12. The van der Waals surface area contributed by atoms with Gasteiger partial charge in [-0.15, -0.1) is 0 Å². The van der Waals surface area contributed by atoms with E-state index >= 15 is 0 Å². The second-order valence-electron chi connectivity index (χ2n) is 5.61. The van der Waals surface area contributed by atoms with Gasteiger partial charge in [-0.2, -0.15) is 0 Å². The molecule has 0 radical (unpaired) electrons. The zero-order valence-corrected chi connectivity index (χ0v) is 13.3. The van der Waals surface area contributed by atoms with E-state index in [4.69, 9.17) is 4.74 Å². The third-order valence-corrected chi connectivity index (χ3v) is 3.14. The Balaban J connectivity index is 2.22. The Labute approximate surface area is 134 Å². The van der Waals surface area contributed by atoms with E-state index in [1.807, 2.05) is 13.8 Å².